The van der Waals surface area contributed by atoms with Gasteiger partial charge in [0.15, 0.2) is 12.2 Å². The van der Waals surface area contributed by atoms with Crippen molar-refractivity contribution in [1.29, 1.82) is 0 Å². The van der Waals surface area contributed by atoms with Crippen molar-refractivity contribution in [2.24, 2.45) is 0 Å². The Morgan fingerprint density at radius 3 is 1.20 bits per heavy atom. The molecule has 0 spiro atoms. The standard InChI is InChI=1S/C15H22F6O4/c1-10(22)24-12(14(16,17)18)8-6-4-3-5-7-9-13(15(19,20)21)25-11(2)23/h12-13H,3-9H2,1-2H3. The fraction of sp³-hybridized carbons (Fsp3) is 0.867. The van der Waals surface area contributed by atoms with Crippen LogP contribution in [0.25, 0.3) is 0 Å². The molecule has 0 saturated carbocycles. The van der Waals surface area contributed by atoms with Crippen LogP contribution in [-0.4, -0.2) is 36.5 Å². The first-order valence-corrected chi connectivity index (χ1v) is 7.82. The molecule has 0 aromatic heterocycles. The molecule has 0 rings (SSSR count). The van der Waals surface area contributed by atoms with E-state index in [1.165, 1.54) is 0 Å². The summed E-state index contributed by atoms with van der Waals surface area (Å²) in [4.78, 5) is 21.3. The van der Waals surface area contributed by atoms with Gasteiger partial charge in [0.25, 0.3) is 0 Å². The van der Waals surface area contributed by atoms with Crippen molar-refractivity contribution in [2.75, 3.05) is 0 Å². The van der Waals surface area contributed by atoms with Crippen LogP contribution in [0.3, 0.4) is 0 Å². The van der Waals surface area contributed by atoms with E-state index in [-0.39, 0.29) is 25.7 Å². The smallest absolute Gasteiger partial charge is 0.425 e. The van der Waals surface area contributed by atoms with Crippen molar-refractivity contribution < 1.29 is 45.4 Å². The number of rotatable bonds is 10. The second kappa shape index (κ2) is 10.5. The lowest BCUT2D eigenvalue weighted by Gasteiger charge is -2.20. The molecule has 2 atom stereocenters. The van der Waals surface area contributed by atoms with E-state index in [2.05, 4.69) is 9.47 Å². The van der Waals surface area contributed by atoms with E-state index < -0.39 is 36.5 Å². The molecule has 0 saturated heterocycles. The van der Waals surface area contributed by atoms with Gasteiger partial charge in [-0.3, -0.25) is 9.59 Å². The molecule has 148 valence electrons. The summed E-state index contributed by atoms with van der Waals surface area (Å²) in [6.07, 6.45) is -13.0. The summed E-state index contributed by atoms with van der Waals surface area (Å²) in [6.45, 7) is 1.78. The van der Waals surface area contributed by atoms with Crippen LogP contribution < -0.4 is 0 Å². The molecule has 4 nitrogen and oxygen atoms in total. The predicted molar refractivity (Wildman–Crippen MR) is 75.5 cm³/mol. The fourth-order valence-electron chi connectivity index (χ4n) is 2.17. The number of ether oxygens (including phenoxy) is 2. The van der Waals surface area contributed by atoms with Gasteiger partial charge in [-0.1, -0.05) is 19.3 Å². The Morgan fingerprint density at radius 1 is 0.680 bits per heavy atom. The summed E-state index contributed by atoms with van der Waals surface area (Å²) in [5, 5.41) is 0. The van der Waals surface area contributed by atoms with Crippen molar-refractivity contribution in [2.45, 2.75) is 83.4 Å². The molecule has 0 heterocycles. The third-order valence-corrected chi connectivity index (χ3v) is 3.28. The summed E-state index contributed by atoms with van der Waals surface area (Å²) < 4.78 is 84.0. The molecule has 0 aliphatic rings. The number of alkyl halides is 6. The predicted octanol–water partition coefficient (Wildman–Crippen LogP) is 4.71. The van der Waals surface area contributed by atoms with E-state index in [9.17, 15) is 35.9 Å². The minimum atomic E-state index is -4.64. The maximum atomic E-state index is 12.6. The average Bonchev–Trinajstić information content (AvgIpc) is 2.40. The first-order chi connectivity index (χ1) is 11.3. The number of halogens is 6. The fourth-order valence-corrected chi connectivity index (χ4v) is 2.17. The molecule has 0 radical (unpaired) electrons. The van der Waals surface area contributed by atoms with Gasteiger partial charge in [0.05, 0.1) is 0 Å². The highest BCUT2D eigenvalue weighted by molar-refractivity contribution is 5.66. The van der Waals surface area contributed by atoms with Gasteiger partial charge in [-0.25, -0.2) is 0 Å². The van der Waals surface area contributed by atoms with E-state index in [1.807, 2.05) is 0 Å². The van der Waals surface area contributed by atoms with E-state index in [1.54, 1.807) is 0 Å². The molecule has 0 fully saturated rings. The van der Waals surface area contributed by atoms with Gasteiger partial charge in [0, 0.05) is 13.8 Å². The van der Waals surface area contributed by atoms with Crippen molar-refractivity contribution in [3.05, 3.63) is 0 Å². The second-order valence-electron chi connectivity index (χ2n) is 5.62. The number of hydrogen-bond acceptors (Lipinski definition) is 4. The highest BCUT2D eigenvalue weighted by Crippen LogP contribution is 2.29. The van der Waals surface area contributed by atoms with Crippen molar-refractivity contribution in [1.82, 2.24) is 0 Å². The monoisotopic (exact) mass is 380 g/mol. The molecule has 0 bridgehead atoms. The molecule has 0 aromatic rings. The second-order valence-corrected chi connectivity index (χ2v) is 5.62. The quantitative estimate of drug-likeness (QED) is 0.313. The molecule has 25 heavy (non-hydrogen) atoms. The number of carbonyl (C=O) groups excluding carboxylic acids is 2. The summed E-state index contributed by atoms with van der Waals surface area (Å²) in [5.74, 6) is -2.04. The average molecular weight is 380 g/mol. The molecule has 0 aliphatic heterocycles. The van der Waals surface area contributed by atoms with Gasteiger partial charge in [-0.15, -0.1) is 0 Å². The molecule has 0 amide bonds. The molecule has 0 aromatic carbocycles. The van der Waals surface area contributed by atoms with Gasteiger partial charge in [-0.2, -0.15) is 26.3 Å². The summed E-state index contributed by atoms with van der Waals surface area (Å²) >= 11 is 0. The van der Waals surface area contributed by atoms with E-state index in [0.29, 0.717) is 19.3 Å². The van der Waals surface area contributed by atoms with Crippen molar-refractivity contribution in [3.63, 3.8) is 0 Å². The lowest BCUT2D eigenvalue weighted by Crippen LogP contribution is -2.33. The Hall–Kier alpha value is -1.48. The van der Waals surface area contributed by atoms with E-state index in [4.69, 9.17) is 0 Å². The molecule has 10 heteroatoms. The number of esters is 2. The highest BCUT2D eigenvalue weighted by atomic mass is 19.4. The lowest BCUT2D eigenvalue weighted by atomic mass is 10.0. The Labute approximate surface area is 141 Å². The maximum absolute atomic E-state index is 12.6. The van der Waals surface area contributed by atoms with Crippen molar-refractivity contribution >= 4 is 11.9 Å². The molecular weight excluding hydrogens is 358 g/mol. The molecule has 0 N–H and O–H groups in total. The van der Waals surface area contributed by atoms with Crippen LogP contribution in [-0.2, 0) is 19.1 Å². The minimum absolute atomic E-state index is 0.129. The van der Waals surface area contributed by atoms with Gasteiger partial charge >= 0.3 is 24.3 Å². The topological polar surface area (TPSA) is 52.6 Å². The lowest BCUT2D eigenvalue weighted by molar-refractivity contribution is -0.222. The van der Waals surface area contributed by atoms with Crippen molar-refractivity contribution in [3.8, 4) is 0 Å². The van der Waals surface area contributed by atoms with Crippen LogP contribution in [0.4, 0.5) is 26.3 Å². The van der Waals surface area contributed by atoms with Gasteiger partial charge in [-0.05, 0) is 25.7 Å². The van der Waals surface area contributed by atoms with E-state index in [0.717, 1.165) is 13.8 Å². The van der Waals surface area contributed by atoms with Crippen LogP contribution in [0.1, 0.15) is 58.8 Å². The van der Waals surface area contributed by atoms with Crippen LogP contribution in [0.5, 0.6) is 0 Å². The Morgan fingerprint density at radius 2 is 0.960 bits per heavy atom. The number of hydrogen-bond donors (Lipinski definition) is 0. The summed E-state index contributed by atoms with van der Waals surface area (Å²) in [7, 11) is 0. The normalized spacial score (nSPS) is 14.7. The molecule has 2 unspecified atom stereocenters. The van der Waals surface area contributed by atoms with Gasteiger partial charge < -0.3 is 9.47 Å². The summed E-state index contributed by atoms with van der Waals surface area (Å²) in [6, 6.07) is 0. The zero-order valence-corrected chi connectivity index (χ0v) is 14.0. The maximum Gasteiger partial charge on any atom is 0.425 e. The Kier molecular flexibility index (Phi) is 9.88. The van der Waals surface area contributed by atoms with Crippen LogP contribution >= 0.6 is 0 Å². The van der Waals surface area contributed by atoms with Crippen LogP contribution in [0, 0.1) is 0 Å². The van der Waals surface area contributed by atoms with E-state index >= 15 is 0 Å². The SMILES string of the molecule is CC(=O)OC(CCCCCCCC(OC(C)=O)C(F)(F)F)C(F)(F)F. The first-order valence-electron chi connectivity index (χ1n) is 7.82. The third-order valence-electron chi connectivity index (χ3n) is 3.28. The third kappa shape index (κ3) is 11.7. The zero-order chi connectivity index (χ0) is 19.7. The van der Waals surface area contributed by atoms with Gasteiger partial charge in [0.1, 0.15) is 0 Å². The largest absolute Gasteiger partial charge is 0.453 e. The Balaban J connectivity index is 4.04. The number of unbranched alkanes of at least 4 members (excludes halogenated alkanes) is 4. The Bertz CT molecular complexity index is 381. The van der Waals surface area contributed by atoms with Crippen LogP contribution in [0.2, 0.25) is 0 Å². The minimum Gasteiger partial charge on any atom is -0.453 e. The summed E-state index contributed by atoms with van der Waals surface area (Å²) in [5.41, 5.74) is 0. The molecular formula is C15H22F6O4. The molecule has 0 aliphatic carbocycles. The highest BCUT2D eigenvalue weighted by Gasteiger charge is 2.42. The first kappa shape index (κ1) is 23.5. The number of carbonyl (C=O) groups is 2. The van der Waals surface area contributed by atoms with Gasteiger partial charge in [0.2, 0.25) is 0 Å². The van der Waals surface area contributed by atoms with Crippen LogP contribution in [0.15, 0.2) is 0 Å². The zero-order valence-electron chi connectivity index (χ0n) is 14.0.